The van der Waals surface area contributed by atoms with Crippen LogP contribution in [0.15, 0.2) is 6.20 Å². The number of hydrogen-bond acceptors (Lipinski definition) is 4. The summed E-state index contributed by atoms with van der Waals surface area (Å²) in [4.78, 5) is 7.68. The van der Waals surface area contributed by atoms with Crippen LogP contribution in [0.1, 0.15) is 31.1 Å². The lowest BCUT2D eigenvalue weighted by Crippen LogP contribution is -2.23. The zero-order chi connectivity index (χ0) is 10.7. The summed E-state index contributed by atoms with van der Waals surface area (Å²) >= 11 is 1.61. The van der Waals surface area contributed by atoms with Crippen LogP contribution in [0, 0.1) is 5.92 Å². The average Bonchev–Trinajstić information content (AvgIpc) is 2.62. The molecule has 0 amide bonds. The third-order valence-corrected chi connectivity index (χ3v) is 4.03. The van der Waals surface area contributed by atoms with Crippen LogP contribution in [-0.2, 0) is 6.61 Å². The summed E-state index contributed by atoms with van der Waals surface area (Å²) in [5, 5.41) is 10.1. The molecule has 1 N–H and O–H groups in total. The summed E-state index contributed by atoms with van der Waals surface area (Å²) in [5.74, 6) is 0.840. The molecule has 0 aliphatic carbocycles. The van der Waals surface area contributed by atoms with Crippen molar-refractivity contribution in [3.63, 3.8) is 0 Å². The molecule has 1 aliphatic heterocycles. The molecule has 84 valence electrons. The molecule has 3 nitrogen and oxygen atoms in total. The van der Waals surface area contributed by atoms with Gasteiger partial charge in [0.2, 0.25) is 0 Å². The van der Waals surface area contributed by atoms with Crippen molar-refractivity contribution in [3.05, 3.63) is 11.1 Å². The number of aliphatic hydroxyl groups is 1. The van der Waals surface area contributed by atoms with Crippen molar-refractivity contribution in [3.8, 4) is 0 Å². The van der Waals surface area contributed by atoms with E-state index in [1.165, 1.54) is 19.3 Å². The van der Waals surface area contributed by atoms with E-state index < -0.39 is 0 Å². The quantitative estimate of drug-likeness (QED) is 0.840. The van der Waals surface area contributed by atoms with E-state index in [4.69, 9.17) is 5.11 Å². The molecular formula is C11H18N2OS. The monoisotopic (exact) mass is 226 g/mol. The topological polar surface area (TPSA) is 36.4 Å². The van der Waals surface area contributed by atoms with Crippen LogP contribution in [0.2, 0.25) is 0 Å². The van der Waals surface area contributed by atoms with E-state index >= 15 is 0 Å². The lowest BCUT2D eigenvalue weighted by molar-refractivity contribution is 0.285. The SMILES string of the molecule is CC1CCCN(c2ncc(CO)s2)CC1. The molecule has 4 heteroatoms. The minimum Gasteiger partial charge on any atom is -0.391 e. The van der Waals surface area contributed by atoms with Crippen LogP contribution in [-0.4, -0.2) is 23.2 Å². The predicted molar refractivity (Wildman–Crippen MR) is 63.3 cm³/mol. The van der Waals surface area contributed by atoms with Gasteiger partial charge in [0.15, 0.2) is 5.13 Å². The fraction of sp³-hybridized carbons (Fsp3) is 0.727. The molecule has 0 bridgehead atoms. The number of aliphatic hydroxyl groups excluding tert-OH is 1. The smallest absolute Gasteiger partial charge is 0.185 e. The highest BCUT2D eigenvalue weighted by Gasteiger charge is 2.16. The molecule has 1 aromatic rings. The zero-order valence-electron chi connectivity index (χ0n) is 9.15. The van der Waals surface area contributed by atoms with Crippen LogP contribution in [0.25, 0.3) is 0 Å². The van der Waals surface area contributed by atoms with E-state index in [1.54, 1.807) is 17.5 Å². The lowest BCUT2D eigenvalue weighted by atomic mass is 10.0. The Kier molecular flexibility index (Phi) is 3.59. The van der Waals surface area contributed by atoms with Crippen LogP contribution >= 0.6 is 11.3 Å². The van der Waals surface area contributed by atoms with Gasteiger partial charge in [-0.15, -0.1) is 0 Å². The van der Waals surface area contributed by atoms with Crippen molar-refractivity contribution in [1.82, 2.24) is 4.98 Å². The largest absolute Gasteiger partial charge is 0.391 e. The number of thiazole rings is 1. The molecule has 0 spiro atoms. The molecule has 2 rings (SSSR count). The minimum absolute atomic E-state index is 0.113. The molecule has 0 aromatic carbocycles. The summed E-state index contributed by atoms with van der Waals surface area (Å²) in [6, 6.07) is 0. The second-order valence-corrected chi connectivity index (χ2v) is 5.38. The summed E-state index contributed by atoms with van der Waals surface area (Å²) in [6.45, 7) is 4.66. The molecular weight excluding hydrogens is 208 g/mol. The standard InChI is InChI=1S/C11H18N2OS/c1-9-3-2-5-13(6-4-9)11-12-7-10(8-14)15-11/h7,9,14H,2-6,8H2,1H3. The summed E-state index contributed by atoms with van der Waals surface area (Å²) in [7, 11) is 0. The molecule has 15 heavy (non-hydrogen) atoms. The van der Waals surface area contributed by atoms with Gasteiger partial charge in [0.05, 0.1) is 11.5 Å². The molecule has 2 heterocycles. The first kappa shape index (κ1) is 10.9. The van der Waals surface area contributed by atoms with E-state index in [1.807, 2.05) is 0 Å². The normalized spacial score (nSPS) is 22.8. The van der Waals surface area contributed by atoms with Crippen LogP contribution in [0.4, 0.5) is 5.13 Å². The summed E-state index contributed by atoms with van der Waals surface area (Å²) in [5.41, 5.74) is 0. The number of nitrogens with zero attached hydrogens (tertiary/aromatic N) is 2. The molecule has 1 fully saturated rings. The number of anilines is 1. The second kappa shape index (κ2) is 4.94. The first-order chi connectivity index (χ1) is 7.29. The Bertz CT molecular complexity index is 313. The highest BCUT2D eigenvalue weighted by Crippen LogP contribution is 2.26. The van der Waals surface area contributed by atoms with Crippen molar-refractivity contribution >= 4 is 16.5 Å². The second-order valence-electron chi connectivity index (χ2n) is 4.29. The fourth-order valence-corrected chi connectivity index (χ4v) is 2.79. The zero-order valence-corrected chi connectivity index (χ0v) is 9.96. The van der Waals surface area contributed by atoms with Gasteiger partial charge in [-0.25, -0.2) is 4.98 Å². The van der Waals surface area contributed by atoms with Crippen LogP contribution in [0.3, 0.4) is 0 Å². The highest BCUT2D eigenvalue weighted by molar-refractivity contribution is 7.15. The van der Waals surface area contributed by atoms with Gasteiger partial charge >= 0.3 is 0 Å². The number of aromatic nitrogens is 1. The maximum absolute atomic E-state index is 9.00. The number of hydrogen-bond donors (Lipinski definition) is 1. The highest BCUT2D eigenvalue weighted by atomic mass is 32.1. The predicted octanol–water partition coefficient (Wildman–Crippen LogP) is 2.26. The van der Waals surface area contributed by atoms with E-state index in [0.717, 1.165) is 29.0 Å². The van der Waals surface area contributed by atoms with Gasteiger partial charge in [-0.05, 0) is 25.2 Å². The van der Waals surface area contributed by atoms with Gasteiger partial charge < -0.3 is 10.0 Å². The van der Waals surface area contributed by atoms with Gasteiger partial charge in [0.1, 0.15) is 0 Å². The fourth-order valence-electron chi connectivity index (χ4n) is 1.97. The maximum atomic E-state index is 9.00. The van der Waals surface area contributed by atoms with Gasteiger partial charge in [-0.3, -0.25) is 0 Å². The summed E-state index contributed by atoms with van der Waals surface area (Å²) in [6.07, 6.45) is 5.63. The summed E-state index contributed by atoms with van der Waals surface area (Å²) < 4.78 is 0. The Morgan fingerprint density at radius 1 is 1.53 bits per heavy atom. The molecule has 1 atom stereocenters. The minimum atomic E-state index is 0.113. The lowest BCUT2D eigenvalue weighted by Gasteiger charge is -2.18. The molecule has 1 aliphatic rings. The van der Waals surface area contributed by atoms with Crippen molar-refractivity contribution in [2.45, 2.75) is 32.8 Å². The van der Waals surface area contributed by atoms with E-state index in [-0.39, 0.29) is 6.61 Å². The first-order valence-electron chi connectivity index (χ1n) is 5.60. The van der Waals surface area contributed by atoms with Gasteiger partial charge in [-0.2, -0.15) is 0 Å². The third kappa shape index (κ3) is 2.69. The van der Waals surface area contributed by atoms with Crippen molar-refractivity contribution in [2.75, 3.05) is 18.0 Å². The van der Waals surface area contributed by atoms with Crippen LogP contribution in [0.5, 0.6) is 0 Å². The van der Waals surface area contributed by atoms with Crippen molar-refractivity contribution < 1.29 is 5.11 Å². The van der Waals surface area contributed by atoms with Crippen LogP contribution < -0.4 is 4.90 Å². The molecule has 0 radical (unpaired) electrons. The molecule has 0 saturated carbocycles. The first-order valence-corrected chi connectivity index (χ1v) is 6.41. The average molecular weight is 226 g/mol. The Morgan fingerprint density at radius 3 is 3.13 bits per heavy atom. The maximum Gasteiger partial charge on any atom is 0.185 e. The molecule has 1 aromatic heterocycles. The van der Waals surface area contributed by atoms with Crippen molar-refractivity contribution in [2.24, 2.45) is 5.92 Å². The van der Waals surface area contributed by atoms with Gasteiger partial charge in [-0.1, -0.05) is 18.3 Å². The Morgan fingerprint density at radius 2 is 2.40 bits per heavy atom. The third-order valence-electron chi connectivity index (χ3n) is 2.98. The Labute approximate surface area is 94.8 Å². The van der Waals surface area contributed by atoms with E-state index in [9.17, 15) is 0 Å². The van der Waals surface area contributed by atoms with Gasteiger partial charge in [0, 0.05) is 19.3 Å². The van der Waals surface area contributed by atoms with E-state index in [2.05, 4.69) is 16.8 Å². The number of rotatable bonds is 2. The van der Waals surface area contributed by atoms with Crippen molar-refractivity contribution in [1.29, 1.82) is 0 Å². The Hall–Kier alpha value is -0.610. The van der Waals surface area contributed by atoms with Gasteiger partial charge in [0.25, 0.3) is 0 Å². The van der Waals surface area contributed by atoms with E-state index in [0.29, 0.717) is 0 Å². The molecule has 1 unspecified atom stereocenters. The molecule has 1 saturated heterocycles. The Balaban J connectivity index is 2.03.